The summed E-state index contributed by atoms with van der Waals surface area (Å²) < 4.78 is 0. The van der Waals surface area contributed by atoms with Crippen molar-refractivity contribution in [2.75, 3.05) is 4.90 Å². The second-order valence-corrected chi connectivity index (χ2v) is 7.49. The minimum Gasteiger partial charge on any atom is -0.338 e. The molecule has 1 aliphatic carbocycles. The first kappa shape index (κ1) is 19.0. The molecular formula is C28H27N. The normalized spacial score (nSPS) is 16.0. The van der Waals surface area contributed by atoms with Gasteiger partial charge in [-0.25, -0.2) is 0 Å². The zero-order chi connectivity index (χ0) is 20.1. The first-order chi connectivity index (χ1) is 14.3. The van der Waals surface area contributed by atoms with Crippen molar-refractivity contribution in [3.8, 4) is 11.1 Å². The predicted molar refractivity (Wildman–Crippen MR) is 126 cm³/mol. The molecule has 0 bridgehead atoms. The molecule has 1 unspecified atom stereocenters. The van der Waals surface area contributed by atoms with Gasteiger partial charge in [0.1, 0.15) is 0 Å². The smallest absolute Gasteiger partial charge is 0.0413 e. The van der Waals surface area contributed by atoms with Gasteiger partial charge in [0.25, 0.3) is 0 Å². The lowest BCUT2D eigenvalue weighted by Crippen LogP contribution is -2.32. The number of benzene rings is 3. The van der Waals surface area contributed by atoms with Gasteiger partial charge < -0.3 is 4.90 Å². The van der Waals surface area contributed by atoms with Gasteiger partial charge in [0.15, 0.2) is 0 Å². The van der Waals surface area contributed by atoms with Crippen LogP contribution in [0.2, 0.25) is 0 Å². The van der Waals surface area contributed by atoms with Crippen LogP contribution in [0.1, 0.15) is 24.8 Å². The van der Waals surface area contributed by atoms with Gasteiger partial charge in [-0.2, -0.15) is 0 Å². The van der Waals surface area contributed by atoms with E-state index in [4.69, 9.17) is 0 Å². The van der Waals surface area contributed by atoms with Gasteiger partial charge in [0, 0.05) is 17.4 Å². The average molecular weight is 378 g/mol. The number of allylic oxidation sites excluding steroid dienone is 2. The molecule has 0 aromatic heterocycles. The van der Waals surface area contributed by atoms with Crippen molar-refractivity contribution in [3.05, 3.63) is 115 Å². The number of rotatable bonds is 6. The third kappa shape index (κ3) is 4.25. The standard InChI is InChI=1S/C28H27N/c1-3-22-10-16-26(17-11-22)29(27-18-12-23(4-2)13-19-27)28-20-14-25(15-21-28)24-8-6-5-7-9-24/h3-12,14-17,20-21,27H,1-2,13,18-19H2. The molecule has 3 aromatic carbocycles. The van der Waals surface area contributed by atoms with E-state index in [1.54, 1.807) is 0 Å². The van der Waals surface area contributed by atoms with E-state index < -0.39 is 0 Å². The number of hydrogen-bond donors (Lipinski definition) is 0. The molecular weight excluding hydrogens is 350 g/mol. The van der Waals surface area contributed by atoms with Crippen molar-refractivity contribution in [3.63, 3.8) is 0 Å². The Hall–Kier alpha value is -3.32. The first-order valence-corrected chi connectivity index (χ1v) is 10.3. The van der Waals surface area contributed by atoms with Gasteiger partial charge in [-0.3, -0.25) is 0 Å². The van der Waals surface area contributed by atoms with Gasteiger partial charge in [-0.15, -0.1) is 0 Å². The Bertz CT molecular complexity index is 994. The molecule has 0 amide bonds. The zero-order valence-electron chi connectivity index (χ0n) is 16.8. The van der Waals surface area contributed by atoms with Crippen molar-refractivity contribution < 1.29 is 0 Å². The molecule has 1 heteroatoms. The fraction of sp³-hybridized carbons (Fsp3) is 0.143. The third-order valence-electron chi connectivity index (χ3n) is 5.71. The van der Waals surface area contributed by atoms with Crippen molar-refractivity contribution in [2.24, 2.45) is 0 Å². The summed E-state index contributed by atoms with van der Waals surface area (Å²) in [5.74, 6) is 0. The largest absolute Gasteiger partial charge is 0.338 e. The van der Waals surface area contributed by atoms with Crippen molar-refractivity contribution in [1.82, 2.24) is 0 Å². The van der Waals surface area contributed by atoms with E-state index >= 15 is 0 Å². The summed E-state index contributed by atoms with van der Waals surface area (Å²) in [5, 5.41) is 0. The Morgan fingerprint density at radius 1 is 0.724 bits per heavy atom. The van der Waals surface area contributed by atoms with E-state index in [-0.39, 0.29) is 0 Å². The molecule has 0 heterocycles. The number of anilines is 2. The van der Waals surface area contributed by atoms with Crippen LogP contribution in [0.5, 0.6) is 0 Å². The lowest BCUT2D eigenvalue weighted by atomic mass is 9.93. The highest BCUT2D eigenvalue weighted by atomic mass is 15.2. The molecule has 1 aliphatic rings. The summed E-state index contributed by atoms with van der Waals surface area (Å²) >= 11 is 0. The molecule has 0 saturated carbocycles. The van der Waals surface area contributed by atoms with Crippen LogP contribution in [-0.2, 0) is 0 Å². The summed E-state index contributed by atoms with van der Waals surface area (Å²) in [7, 11) is 0. The Morgan fingerprint density at radius 3 is 1.90 bits per heavy atom. The maximum Gasteiger partial charge on any atom is 0.0413 e. The SMILES string of the molecule is C=CC1=CCC(N(c2ccc(C=C)cc2)c2ccc(-c3ccccc3)cc2)CC1. The van der Waals surface area contributed by atoms with E-state index in [9.17, 15) is 0 Å². The number of hydrogen-bond acceptors (Lipinski definition) is 1. The Labute approximate surface area is 174 Å². The predicted octanol–water partition coefficient (Wildman–Crippen LogP) is 7.80. The lowest BCUT2D eigenvalue weighted by Gasteiger charge is -2.36. The molecule has 0 spiro atoms. The summed E-state index contributed by atoms with van der Waals surface area (Å²) in [6.45, 7) is 7.82. The highest BCUT2D eigenvalue weighted by Crippen LogP contribution is 2.35. The molecule has 4 rings (SSSR count). The number of nitrogens with zero attached hydrogens (tertiary/aromatic N) is 1. The summed E-state index contributed by atoms with van der Waals surface area (Å²) in [4.78, 5) is 2.48. The van der Waals surface area contributed by atoms with E-state index in [1.807, 2.05) is 12.2 Å². The maximum absolute atomic E-state index is 3.94. The minimum absolute atomic E-state index is 0.441. The van der Waals surface area contributed by atoms with E-state index in [0.717, 1.165) is 24.8 Å². The van der Waals surface area contributed by atoms with Crippen LogP contribution in [0.25, 0.3) is 17.2 Å². The summed E-state index contributed by atoms with van der Waals surface area (Å²) in [6, 6.07) is 28.6. The van der Waals surface area contributed by atoms with Crippen LogP contribution in [0, 0.1) is 0 Å². The fourth-order valence-electron chi connectivity index (χ4n) is 4.05. The van der Waals surface area contributed by atoms with Crippen molar-refractivity contribution >= 4 is 17.5 Å². The monoisotopic (exact) mass is 377 g/mol. The Kier molecular flexibility index (Phi) is 5.76. The van der Waals surface area contributed by atoms with E-state index in [2.05, 4.69) is 103 Å². The molecule has 1 nitrogen and oxygen atoms in total. The highest BCUT2D eigenvalue weighted by Gasteiger charge is 2.22. The first-order valence-electron chi connectivity index (χ1n) is 10.3. The van der Waals surface area contributed by atoms with Crippen molar-refractivity contribution in [1.29, 1.82) is 0 Å². The third-order valence-corrected chi connectivity index (χ3v) is 5.71. The summed E-state index contributed by atoms with van der Waals surface area (Å²) in [5.41, 5.74) is 7.46. The lowest BCUT2D eigenvalue weighted by molar-refractivity contribution is 0.581. The molecule has 0 aliphatic heterocycles. The van der Waals surface area contributed by atoms with Crippen LogP contribution in [0.15, 0.2) is 110 Å². The molecule has 0 N–H and O–H groups in total. The van der Waals surface area contributed by atoms with Gasteiger partial charge >= 0.3 is 0 Å². The highest BCUT2D eigenvalue weighted by molar-refractivity contribution is 5.71. The second-order valence-electron chi connectivity index (χ2n) is 7.49. The molecule has 1 atom stereocenters. The zero-order valence-corrected chi connectivity index (χ0v) is 16.8. The van der Waals surface area contributed by atoms with Gasteiger partial charge in [-0.05, 0) is 60.2 Å². The van der Waals surface area contributed by atoms with Gasteiger partial charge in [0.2, 0.25) is 0 Å². The van der Waals surface area contributed by atoms with Crippen LogP contribution in [0.4, 0.5) is 11.4 Å². The molecule has 0 fully saturated rings. The van der Waals surface area contributed by atoms with Crippen LogP contribution in [0.3, 0.4) is 0 Å². The molecule has 144 valence electrons. The Morgan fingerprint density at radius 2 is 1.34 bits per heavy atom. The minimum atomic E-state index is 0.441. The Balaban J connectivity index is 1.68. The average Bonchev–Trinajstić information content (AvgIpc) is 2.81. The molecule has 0 saturated heterocycles. The van der Waals surface area contributed by atoms with Gasteiger partial charge in [-0.1, -0.05) is 91.6 Å². The van der Waals surface area contributed by atoms with Crippen LogP contribution >= 0.6 is 0 Å². The molecule has 29 heavy (non-hydrogen) atoms. The van der Waals surface area contributed by atoms with E-state index in [1.165, 1.54) is 28.1 Å². The van der Waals surface area contributed by atoms with E-state index in [0.29, 0.717) is 6.04 Å². The van der Waals surface area contributed by atoms with Crippen molar-refractivity contribution in [2.45, 2.75) is 25.3 Å². The van der Waals surface area contributed by atoms with Crippen LogP contribution < -0.4 is 4.90 Å². The summed E-state index contributed by atoms with van der Waals surface area (Å²) in [6.07, 6.45) is 9.46. The second kappa shape index (κ2) is 8.79. The maximum atomic E-state index is 3.94. The fourth-order valence-corrected chi connectivity index (χ4v) is 4.05. The molecule has 0 radical (unpaired) electrons. The van der Waals surface area contributed by atoms with Crippen LogP contribution in [-0.4, -0.2) is 6.04 Å². The quantitative estimate of drug-likeness (QED) is 0.423. The van der Waals surface area contributed by atoms with Gasteiger partial charge in [0.05, 0.1) is 0 Å². The molecule has 3 aromatic rings. The topological polar surface area (TPSA) is 3.24 Å².